The van der Waals surface area contributed by atoms with E-state index in [1.54, 1.807) is 19.3 Å². The summed E-state index contributed by atoms with van der Waals surface area (Å²) in [6.45, 7) is 2.25. The van der Waals surface area contributed by atoms with Gasteiger partial charge in [0.25, 0.3) is 0 Å². The number of rotatable bonds is 22. The van der Waals surface area contributed by atoms with Gasteiger partial charge in [0, 0.05) is 83.7 Å². The number of primary amides is 1. The monoisotopic (exact) mass is 806 g/mol. The van der Waals surface area contributed by atoms with Crippen molar-refractivity contribution in [3.8, 4) is 0 Å². The van der Waals surface area contributed by atoms with E-state index >= 15 is 0 Å². The molecule has 6 rings (SSSR count). The number of carbonyl (C=O) groups is 6. The topological polar surface area (TPSA) is 268 Å². The van der Waals surface area contributed by atoms with Gasteiger partial charge in [0.15, 0.2) is 11.6 Å². The normalized spacial score (nSPS) is 16.8. The molecule has 1 aliphatic heterocycles. The molecule has 16 heteroatoms. The molecule has 59 heavy (non-hydrogen) atoms. The number of nitrogens with one attached hydrogen (secondary N) is 5. The van der Waals surface area contributed by atoms with Crippen molar-refractivity contribution in [2.75, 3.05) is 13.1 Å². The summed E-state index contributed by atoms with van der Waals surface area (Å²) in [5, 5.41) is 7.50. The Hall–Kier alpha value is -6.13. The summed E-state index contributed by atoms with van der Waals surface area (Å²) in [4.78, 5) is 96.3. The number of nitrogens with two attached hydrogens (primary N) is 3. The van der Waals surface area contributed by atoms with Gasteiger partial charge >= 0.3 is 0 Å². The second kappa shape index (κ2) is 19.5. The van der Waals surface area contributed by atoms with Crippen molar-refractivity contribution in [2.45, 2.75) is 88.9 Å². The molecular formula is C43H54N10O6. The molecule has 0 unspecified atom stereocenters. The lowest BCUT2D eigenvalue weighted by Crippen LogP contribution is -2.50. The molecule has 0 saturated carbocycles. The second-order valence-electron chi connectivity index (χ2n) is 15.6. The summed E-state index contributed by atoms with van der Waals surface area (Å²) in [7, 11) is 0. The molecule has 2 aromatic carbocycles. The Morgan fingerprint density at radius 1 is 0.847 bits per heavy atom. The number of unbranched alkanes of at least 4 members (excludes halogenated alkanes) is 1. The van der Waals surface area contributed by atoms with Gasteiger partial charge in [-0.2, -0.15) is 0 Å². The maximum atomic E-state index is 14.1. The number of aromatic amines is 3. The number of likely N-dealkylation sites (tertiary alicyclic amines) is 1. The van der Waals surface area contributed by atoms with Gasteiger partial charge in [-0.3, -0.25) is 28.8 Å². The Bertz CT molecular complexity index is 2260. The zero-order valence-corrected chi connectivity index (χ0v) is 33.2. The molecule has 6 atom stereocenters. The first kappa shape index (κ1) is 42.5. The van der Waals surface area contributed by atoms with E-state index in [0.29, 0.717) is 31.5 Å². The van der Waals surface area contributed by atoms with E-state index in [-0.39, 0.29) is 50.9 Å². The Morgan fingerprint density at radius 3 is 2.05 bits per heavy atom. The highest BCUT2D eigenvalue weighted by Gasteiger charge is 2.40. The molecule has 1 aliphatic rings. The summed E-state index contributed by atoms with van der Waals surface area (Å²) >= 11 is 0. The van der Waals surface area contributed by atoms with Crippen LogP contribution >= 0.6 is 0 Å². The number of H-pyrrole nitrogens is 3. The van der Waals surface area contributed by atoms with Crippen molar-refractivity contribution >= 4 is 57.0 Å². The summed E-state index contributed by atoms with van der Waals surface area (Å²) in [6.07, 6.45) is 8.83. The van der Waals surface area contributed by atoms with Crippen LogP contribution < -0.4 is 27.8 Å². The molecule has 0 aliphatic carbocycles. The van der Waals surface area contributed by atoms with Crippen molar-refractivity contribution in [3.05, 3.63) is 90.3 Å². The van der Waals surface area contributed by atoms with E-state index in [2.05, 4.69) is 30.6 Å². The van der Waals surface area contributed by atoms with Crippen LogP contribution in [0.15, 0.2) is 73.4 Å². The highest BCUT2D eigenvalue weighted by Crippen LogP contribution is 2.26. The fraction of sp³-hybridized carbons (Fsp3) is 0.419. The maximum absolute atomic E-state index is 14.1. The van der Waals surface area contributed by atoms with Crippen LogP contribution in [0.2, 0.25) is 0 Å². The number of carbonyl (C=O) groups excluding carboxylic acids is 6. The Kier molecular flexibility index (Phi) is 14.1. The minimum Gasteiger partial charge on any atom is -0.368 e. The predicted octanol–water partition coefficient (Wildman–Crippen LogP) is 2.08. The van der Waals surface area contributed by atoms with Gasteiger partial charge in [-0.25, -0.2) is 4.98 Å². The van der Waals surface area contributed by atoms with Crippen molar-refractivity contribution in [1.82, 2.24) is 35.5 Å². The lowest BCUT2D eigenvalue weighted by Gasteiger charge is -2.26. The number of hydrogen-bond acceptors (Lipinski definition) is 9. The fourth-order valence-corrected chi connectivity index (χ4v) is 7.99. The zero-order chi connectivity index (χ0) is 42.1. The number of nitrogens with zero attached hydrogens (tertiary/aromatic N) is 2. The van der Waals surface area contributed by atoms with Gasteiger partial charge in [-0.15, -0.1) is 0 Å². The van der Waals surface area contributed by atoms with E-state index in [1.165, 1.54) is 11.2 Å². The Morgan fingerprint density at radius 2 is 1.46 bits per heavy atom. The number of Topliss-reactive ketones (excluding diaryl/α,β-unsaturated/α-hetero) is 2. The fourth-order valence-electron chi connectivity index (χ4n) is 7.99. The second-order valence-corrected chi connectivity index (χ2v) is 15.6. The lowest BCUT2D eigenvalue weighted by atomic mass is 9.89. The van der Waals surface area contributed by atoms with Gasteiger partial charge in [-0.05, 0) is 75.3 Å². The molecule has 5 aromatic rings. The van der Waals surface area contributed by atoms with Crippen LogP contribution in [-0.2, 0) is 48.0 Å². The third-order valence-corrected chi connectivity index (χ3v) is 11.4. The van der Waals surface area contributed by atoms with Crippen LogP contribution in [0.1, 0.15) is 62.3 Å². The van der Waals surface area contributed by atoms with Crippen molar-refractivity contribution in [1.29, 1.82) is 0 Å². The number of imidazole rings is 1. The number of para-hydroxylation sites is 2. The van der Waals surface area contributed by atoms with E-state index in [0.717, 1.165) is 32.9 Å². The largest absolute Gasteiger partial charge is 0.368 e. The molecule has 1 saturated heterocycles. The molecule has 11 N–H and O–H groups in total. The van der Waals surface area contributed by atoms with Crippen molar-refractivity contribution in [2.24, 2.45) is 29.0 Å². The van der Waals surface area contributed by atoms with Crippen LogP contribution in [0.5, 0.6) is 0 Å². The van der Waals surface area contributed by atoms with Gasteiger partial charge in [0.1, 0.15) is 12.1 Å². The molecule has 1 fully saturated rings. The SMILES string of the molecule is C[C@H](NC(=O)[C@H](CC(=O)[C@@H](N)Cc1cnc[nH]1)Cc1c[nH]c2ccccc12)C(=O)C[C@@H](Cc1c[nH]c2ccccc12)C(=O)N[C@@H]1CCN([C@@H](CCCCN)C(N)=O)C1=O. The molecule has 0 bridgehead atoms. The number of benzene rings is 2. The summed E-state index contributed by atoms with van der Waals surface area (Å²) in [5.41, 5.74) is 21.7. The predicted molar refractivity (Wildman–Crippen MR) is 222 cm³/mol. The number of aromatic nitrogens is 4. The highest BCUT2D eigenvalue weighted by atomic mass is 16.2. The van der Waals surface area contributed by atoms with E-state index in [1.807, 2.05) is 54.7 Å². The molecule has 0 spiro atoms. The molecule has 4 heterocycles. The third-order valence-electron chi connectivity index (χ3n) is 11.4. The Balaban J connectivity index is 1.17. The van der Waals surface area contributed by atoms with Gasteiger partial charge in [0.2, 0.25) is 23.6 Å². The average molecular weight is 807 g/mol. The molecule has 16 nitrogen and oxygen atoms in total. The standard InChI is InChI=1S/C43H54N10O6/c1-25(51-41(57)27(17-29-22-49-35-11-5-3-9-32(29)35)19-39(55)33(45)20-30-23-47-24-50-30)38(54)18-26(16-28-21-48-34-10-4-2-8-31(28)34)42(58)52-36-13-15-53(43(36)59)37(40(46)56)12-6-7-14-44/h2-5,8-11,21-27,33,36-37,48-49H,6-7,12-20,44-45H2,1H3,(H2,46,56)(H,47,50)(H,51,57)(H,52,58)/t25-,26+,27-,33-,36+,37-/m0/s1. The van der Waals surface area contributed by atoms with Gasteiger partial charge < -0.3 is 47.7 Å². The number of hydrogen-bond donors (Lipinski definition) is 8. The van der Waals surface area contributed by atoms with E-state index in [4.69, 9.17) is 17.2 Å². The van der Waals surface area contributed by atoms with E-state index < -0.39 is 65.4 Å². The third kappa shape index (κ3) is 10.5. The van der Waals surface area contributed by atoms with E-state index in [9.17, 15) is 28.8 Å². The quantitative estimate of drug-likeness (QED) is 0.0475. The minimum absolute atomic E-state index is 0.163. The smallest absolute Gasteiger partial charge is 0.245 e. The summed E-state index contributed by atoms with van der Waals surface area (Å²) in [5.74, 6) is -4.52. The Labute approximate surface area is 341 Å². The minimum atomic E-state index is -1.02. The van der Waals surface area contributed by atoms with Crippen molar-refractivity contribution < 1.29 is 28.8 Å². The van der Waals surface area contributed by atoms with Crippen LogP contribution in [0, 0.1) is 11.8 Å². The molecule has 0 radical (unpaired) electrons. The first-order valence-electron chi connectivity index (χ1n) is 20.2. The van der Waals surface area contributed by atoms with Crippen molar-refractivity contribution in [3.63, 3.8) is 0 Å². The highest BCUT2D eigenvalue weighted by molar-refractivity contribution is 5.97. The number of ketones is 2. The van der Waals surface area contributed by atoms with Crippen LogP contribution in [0.25, 0.3) is 21.8 Å². The maximum Gasteiger partial charge on any atom is 0.245 e. The first-order chi connectivity index (χ1) is 28.4. The molecule has 3 aromatic heterocycles. The molecular weight excluding hydrogens is 753 g/mol. The van der Waals surface area contributed by atoms with Gasteiger partial charge in [-0.1, -0.05) is 36.4 Å². The van der Waals surface area contributed by atoms with Gasteiger partial charge in [0.05, 0.1) is 18.4 Å². The van der Waals surface area contributed by atoms with Crippen LogP contribution in [0.3, 0.4) is 0 Å². The average Bonchev–Trinajstić information content (AvgIpc) is 4.04. The summed E-state index contributed by atoms with van der Waals surface area (Å²) in [6, 6.07) is 11.6. The lowest BCUT2D eigenvalue weighted by molar-refractivity contribution is -0.139. The molecule has 312 valence electrons. The zero-order valence-electron chi connectivity index (χ0n) is 33.2. The number of amides is 4. The molecule has 4 amide bonds. The summed E-state index contributed by atoms with van der Waals surface area (Å²) < 4.78 is 0. The first-order valence-corrected chi connectivity index (χ1v) is 20.2. The number of fused-ring (bicyclic) bond motifs is 2. The van der Waals surface area contributed by atoms with Crippen LogP contribution in [-0.4, -0.2) is 97.3 Å². The van der Waals surface area contributed by atoms with Crippen LogP contribution in [0.4, 0.5) is 0 Å².